The number of nitrogens with one attached hydrogen (secondary N) is 2. The Kier molecular flexibility index (Phi) is 5.17. The molecule has 0 aromatic heterocycles. The smallest absolute Gasteiger partial charge is 0.313 e. The molecule has 3 aromatic rings. The quantitative estimate of drug-likeness (QED) is 0.707. The van der Waals surface area contributed by atoms with Crippen LogP contribution in [0.5, 0.6) is 5.75 Å². The molecule has 132 valence electrons. The molecule has 1 atom stereocenters. The monoisotopic (exact) mass is 348 g/mol. The molecule has 0 saturated heterocycles. The molecule has 0 bridgehead atoms. The fraction of sp³-hybridized carbons (Fsp3) is 0.143. The van der Waals surface area contributed by atoms with Crippen LogP contribution in [0.2, 0.25) is 0 Å². The van der Waals surface area contributed by atoms with E-state index in [1.54, 1.807) is 13.2 Å². The van der Waals surface area contributed by atoms with Crippen LogP contribution >= 0.6 is 0 Å². The first-order valence-corrected chi connectivity index (χ1v) is 8.31. The maximum absolute atomic E-state index is 12.2. The number of carbonyl (C=O) groups is 2. The second-order valence-corrected chi connectivity index (χ2v) is 5.98. The van der Waals surface area contributed by atoms with Crippen molar-refractivity contribution in [2.75, 3.05) is 12.4 Å². The van der Waals surface area contributed by atoms with Crippen molar-refractivity contribution in [2.24, 2.45) is 0 Å². The molecule has 2 N–H and O–H groups in total. The highest BCUT2D eigenvalue weighted by Crippen LogP contribution is 2.19. The summed E-state index contributed by atoms with van der Waals surface area (Å²) in [6.45, 7) is 1.82. The van der Waals surface area contributed by atoms with Crippen molar-refractivity contribution in [2.45, 2.75) is 13.0 Å². The largest absolute Gasteiger partial charge is 0.497 e. The lowest BCUT2D eigenvalue weighted by molar-refractivity contribution is -0.136. The third kappa shape index (κ3) is 4.00. The molecule has 26 heavy (non-hydrogen) atoms. The first-order chi connectivity index (χ1) is 12.6. The van der Waals surface area contributed by atoms with Gasteiger partial charge < -0.3 is 15.4 Å². The number of benzene rings is 3. The Morgan fingerprint density at radius 1 is 0.885 bits per heavy atom. The van der Waals surface area contributed by atoms with E-state index in [9.17, 15) is 9.59 Å². The molecule has 0 heterocycles. The summed E-state index contributed by atoms with van der Waals surface area (Å²) in [7, 11) is 1.59. The van der Waals surface area contributed by atoms with Gasteiger partial charge in [0.15, 0.2) is 0 Å². The van der Waals surface area contributed by atoms with E-state index in [1.807, 2.05) is 67.6 Å². The van der Waals surface area contributed by atoms with Gasteiger partial charge in [0, 0.05) is 5.69 Å². The minimum Gasteiger partial charge on any atom is -0.497 e. The highest BCUT2D eigenvalue weighted by atomic mass is 16.5. The first kappa shape index (κ1) is 17.5. The van der Waals surface area contributed by atoms with Crippen LogP contribution in [0.1, 0.15) is 18.5 Å². The van der Waals surface area contributed by atoms with Crippen molar-refractivity contribution in [3.63, 3.8) is 0 Å². The van der Waals surface area contributed by atoms with Crippen LogP contribution < -0.4 is 15.4 Å². The van der Waals surface area contributed by atoms with E-state index in [1.165, 1.54) is 0 Å². The van der Waals surface area contributed by atoms with Gasteiger partial charge in [-0.3, -0.25) is 9.59 Å². The zero-order valence-electron chi connectivity index (χ0n) is 14.7. The van der Waals surface area contributed by atoms with Crippen LogP contribution in [-0.4, -0.2) is 18.9 Å². The SMILES string of the molecule is COc1ccc(C(C)NC(=O)C(=O)Nc2ccc3ccccc3c2)cc1. The Hall–Kier alpha value is -3.34. The summed E-state index contributed by atoms with van der Waals surface area (Å²) in [5.74, 6) is -0.636. The number of fused-ring (bicyclic) bond motifs is 1. The van der Waals surface area contributed by atoms with Crippen LogP contribution in [0.15, 0.2) is 66.7 Å². The Morgan fingerprint density at radius 3 is 2.27 bits per heavy atom. The Balaban J connectivity index is 1.63. The fourth-order valence-corrected chi connectivity index (χ4v) is 2.69. The second-order valence-electron chi connectivity index (χ2n) is 5.98. The van der Waals surface area contributed by atoms with Gasteiger partial charge in [-0.15, -0.1) is 0 Å². The third-order valence-corrected chi connectivity index (χ3v) is 4.18. The fourth-order valence-electron chi connectivity index (χ4n) is 2.69. The molecule has 5 nitrogen and oxygen atoms in total. The minimum atomic E-state index is -0.694. The molecule has 3 rings (SSSR count). The van der Waals surface area contributed by atoms with Crippen LogP contribution in [-0.2, 0) is 9.59 Å². The van der Waals surface area contributed by atoms with Crippen molar-refractivity contribution in [1.29, 1.82) is 0 Å². The van der Waals surface area contributed by atoms with E-state index < -0.39 is 11.8 Å². The lowest BCUT2D eigenvalue weighted by Gasteiger charge is -2.14. The van der Waals surface area contributed by atoms with Crippen LogP contribution in [0.4, 0.5) is 5.69 Å². The van der Waals surface area contributed by atoms with Crippen molar-refractivity contribution in [3.05, 3.63) is 72.3 Å². The molecule has 5 heteroatoms. The van der Waals surface area contributed by atoms with Crippen molar-refractivity contribution in [3.8, 4) is 5.75 Å². The maximum atomic E-state index is 12.2. The lowest BCUT2D eigenvalue weighted by Crippen LogP contribution is -2.36. The summed E-state index contributed by atoms with van der Waals surface area (Å²) in [5.41, 5.74) is 1.47. The number of rotatable bonds is 4. The van der Waals surface area contributed by atoms with E-state index in [2.05, 4.69) is 10.6 Å². The summed E-state index contributed by atoms with van der Waals surface area (Å²) in [5, 5.41) is 7.41. The molecule has 0 fully saturated rings. The molecular weight excluding hydrogens is 328 g/mol. The zero-order valence-corrected chi connectivity index (χ0v) is 14.7. The Bertz CT molecular complexity index is 935. The predicted molar refractivity (Wildman–Crippen MR) is 102 cm³/mol. The molecule has 0 spiro atoms. The molecule has 0 aliphatic carbocycles. The molecule has 0 aliphatic heterocycles. The van der Waals surface area contributed by atoms with Gasteiger partial charge in [-0.2, -0.15) is 0 Å². The zero-order chi connectivity index (χ0) is 18.5. The Morgan fingerprint density at radius 2 is 1.58 bits per heavy atom. The van der Waals surface area contributed by atoms with E-state index in [4.69, 9.17) is 4.74 Å². The number of methoxy groups -OCH3 is 1. The summed E-state index contributed by atoms with van der Waals surface area (Å²) >= 11 is 0. The minimum absolute atomic E-state index is 0.296. The van der Waals surface area contributed by atoms with Crippen molar-refractivity contribution < 1.29 is 14.3 Å². The highest BCUT2D eigenvalue weighted by Gasteiger charge is 2.17. The van der Waals surface area contributed by atoms with Gasteiger partial charge in [0.05, 0.1) is 13.2 Å². The molecule has 0 saturated carbocycles. The van der Waals surface area contributed by atoms with E-state index in [0.29, 0.717) is 5.69 Å². The summed E-state index contributed by atoms with van der Waals surface area (Å²) in [4.78, 5) is 24.3. The van der Waals surface area contributed by atoms with Gasteiger partial charge in [-0.1, -0.05) is 42.5 Å². The molecular formula is C21H20N2O3. The van der Waals surface area contributed by atoms with Crippen molar-refractivity contribution in [1.82, 2.24) is 5.32 Å². The normalized spacial score (nSPS) is 11.6. The number of hydrogen-bond donors (Lipinski definition) is 2. The molecule has 0 aliphatic rings. The summed E-state index contributed by atoms with van der Waals surface area (Å²) < 4.78 is 5.11. The highest BCUT2D eigenvalue weighted by molar-refractivity contribution is 6.39. The van der Waals surface area contributed by atoms with Gasteiger partial charge in [0.1, 0.15) is 5.75 Å². The third-order valence-electron chi connectivity index (χ3n) is 4.18. The average Bonchev–Trinajstić information content (AvgIpc) is 2.67. The van der Waals surface area contributed by atoms with Crippen LogP contribution in [0, 0.1) is 0 Å². The molecule has 3 aromatic carbocycles. The number of anilines is 1. The van der Waals surface area contributed by atoms with Gasteiger partial charge in [0.2, 0.25) is 0 Å². The van der Waals surface area contributed by atoms with Crippen LogP contribution in [0.3, 0.4) is 0 Å². The van der Waals surface area contributed by atoms with Gasteiger partial charge in [0.25, 0.3) is 0 Å². The summed E-state index contributed by atoms with van der Waals surface area (Å²) in [6, 6.07) is 20.4. The lowest BCUT2D eigenvalue weighted by atomic mass is 10.1. The Labute approximate surface area is 152 Å². The number of carbonyl (C=O) groups excluding carboxylic acids is 2. The topological polar surface area (TPSA) is 67.4 Å². The van der Waals surface area contributed by atoms with Gasteiger partial charge >= 0.3 is 11.8 Å². The first-order valence-electron chi connectivity index (χ1n) is 8.31. The number of hydrogen-bond acceptors (Lipinski definition) is 3. The number of amides is 2. The molecule has 2 amide bonds. The van der Waals surface area contributed by atoms with Crippen molar-refractivity contribution >= 4 is 28.3 Å². The second kappa shape index (κ2) is 7.70. The van der Waals surface area contributed by atoms with E-state index >= 15 is 0 Å². The van der Waals surface area contributed by atoms with E-state index in [0.717, 1.165) is 22.1 Å². The standard InChI is InChI=1S/C21H20N2O3/c1-14(15-8-11-19(26-2)12-9-15)22-20(24)21(25)23-18-10-7-16-5-3-4-6-17(16)13-18/h3-14H,1-2H3,(H,22,24)(H,23,25). The molecule has 0 radical (unpaired) electrons. The van der Waals surface area contributed by atoms with Crippen LogP contribution in [0.25, 0.3) is 10.8 Å². The van der Waals surface area contributed by atoms with E-state index in [-0.39, 0.29) is 6.04 Å². The predicted octanol–water partition coefficient (Wildman–Crippen LogP) is 3.66. The van der Waals surface area contributed by atoms with Gasteiger partial charge in [-0.25, -0.2) is 0 Å². The summed E-state index contributed by atoms with van der Waals surface area (Å²) in [6.07, 6.45) is 0. The average molecular weight is 348 g/mol. The maximum Gasteiger partial charge on any atom is 0.313 e. The number of ether oxygens (including phenoxy) is 1. The van der Waals surface area contributed by atoms with Gasteiger partial charge in [-0.05, 0) is 47.5 Å². The molecule has 1 unspecified atom stereocenters.